The van der Waals surface area contributed by atoms with Gasteiger partial charge in [0.05, 0.1) is 52.5 Å². The molecule has 0 atom stereocenters. The molecule has 2 heterocycles. The van der Waals surface area contributed by atoms with Crippen molar-refractivity contribution >= 4 is 11.9 Å². The largest absolute Gasteiger partial charge is 1.00 e. The first-order valence-corrected chi connectivity index (χ1v) is 25.7. The molecule has 0 N–H and O–H groups in total. The molecule has 8 heteroatoms. The first kappa shape index (κ1) is 57.5. The monoisotopic (exact) mass is 925 g/mol. The van der Waals surface area contributed by atoms with Gasteiger partial charge in [-0.15, -0.1) is 0 Å². The van der Waals surface area contributed by atoms with Gasteiger partial charge in [-0.3, -0.25) is 0 Å². The van der Waals surface area contributed by atoms with Crippen LogP contribution in [0.25, 0.3) is 11.1 Å². The van der Waals surface area contributed by atoms with Crippen molar-refractivity contribution < 1.29 is 52.8 Å². The molecule has 0 bridgehead atoms. The number of hydrogen-bond acceptors (Lipinski definition) is 4. The Morgan fingerprint density at radius 2 is 0.781 bits per heavy atom. The molecule has 2 saturated heterocycles. The summed E-state index contributed by atoms with van der Waals surface area (Å²) in [5, 5.41) is 0. The fraction of sp³-hybridized carbons (Fsp3) is 0.679. The smallest absolute Gasteiger partial charge is 0.361 e. The zero-order valence-electron chi connectivity index (χ0n) is 41.1. The van der Waals surface area contributed by atoms with Crippen molar-refractivity contribution in [2.75, 3.05) is 65.6 Å². The number of likely N-dealkylation sites (tertiary alicyclic amines) is 2. The summed E-state index contributed by atoms with van der Waals surface area (Å²) >= 11 is 0. The lowest BCUT2D eigenvalue weighted by atomic mass is 9.98. The Labute approximate surface area is 404 Å². The predicted octanol–water partition coefficient (Wildman–Crippen LogP) is 7.71. The fourth-order valence-electron chi connectivity index (χ4n) is 9.78. The second-order valence-corrected chi connectivity index (χ2v) is 19.6. The Kier molecular flexibility index (Phi) is 30.3. The zero-order valence-corrected chi connectivity index (χ0v) is 42.6. The van der Waals surface area contributed by atoms with E-state index in [-0.39, 0.29) is 36.8 Å². The van der Waals surface area contributed by atoms with Gasteiger partial charge in [0.1, 0.15) is 0 Å². The van der Waals surface area contributed by atoms with Gasteiger partial charge in [-0.2, -0.15) is 0 Å². The maximum atomic E-state index is 13.0. The van der Waals surface area contributed by atoms with Crippen molar-refractivity contribution in [2.45, 2.75) is 182 Å². The van der Waals surface area contributed by atoms with Gasteiger partial charge in [0.25, 0.3) is 0 Å². The summed E-state index contributed by atoms with van der Waals surface area (Å²) < 4.78 is 13.2. The SMILES string of the molecule is CCCCCCCCCCOC(=O)C[N+]1(C/C=C(/C)Cc2ccc(-c3ccc(C/C(C)=C\C[N+]4(CC(=O)OCCCCCCCCCC)CCCCC4)cc3)cc2)CCCCC1.[Cl-].[Cl-]. The van der Waals surface area contributed by atoms with Crippen molar-refractivity contribution in [3.63, 3.8) is 0 Å². The van der Waals surface area contributed by atoms with Gasteiger partial charge in [0.15, 0.2) is 13.1 Å². The number of piperidine rings is 2. The third kappa shape index (κ3) is 23.2. The minimum absolute atomic E-state index is 0. The number of allylic oxidation sites excluding steroid dienone is 2. The van der Waals surface area contributed by atoms with Crippen LogP contribution in [0.5, 0.6) is 0 Å². The molecule has 2 fully saturated rings. The molecule has 0 aromatic heterocycles. The van der Waals surface area contributed by atoms with Crippen LogP contribution in [-0.2, 0) is 31.9 Å². The van der Waals surface area contributed by atoms with E-state index in [1.54, 1.807) is 0 Å². The molecule has 362 valence electrons. The molecule has 0 saturated carbocycles. The van der Waals surface area contributed by atoms with E-state index in [1.165, 1.54) is 149 Å². The Morgan fingerprint density at radius 1 is 0.469 bits per heavy atom. The van der Waals surface area contributed by atoms with Gasteiger partial charge in [-0.05, 0) is 112 Å². The van der Waals surface area contributed by atoms with Crippen LogP contribution in [0, 0.1) is 0 Å². The molecule has 2 aromatic rings. The maximum absolute atomic E-state index is 13.0. The maximum Gasteiger partial charge on any atom is 0.361 e. The summed E-state index contributed by atoms with van der Waals surface area (Å²) in [6, 6.07) is 18.1. The predicted molar refractivity (Wildman–Crippen MR) is 261 cm³/mol. The fourth-order valence-corrected chi connectivity index (χ4v) is 9.78. The quantitative estimate of drug-likeness (QED) is 0.0337. The third-order valence-corrected chi connectivity index (χ3v) is 13.8. The summed E-state index contributed by atoms with van der Waals surface area (Å²) in [6.45, 7) is 17.2. The highest BCUT2D eigenvalue weighted by Gasteiger charge is 2.33. The number of unbranched alkanes of at least 4 members (excludes halogenated alkanes) is 14. The average Bonchev–Trinajstić information content (AvgIpc) is 3.28. The number of carbonyl (C=O) groups excluding carboxylic acids is 2. The number of nitrogens with zero attached hydrogens (tertiary/aromatic N) is 2. The van der Waals surface area contributed by atoms with Crippen molar-refractivity contribution in [3.05, 3.63) is 83.0 Å². The van der Waals surface area contributed by atoms with Crippen LogP contribution < -0.4 is 24.8 Å². The molecule has 0 aliphatic carbocycles. The van der Waals surface area contributed by atoms with Gasteiger partial charge in [0, 0.05) is 0 Å². The second-order valence-electron chi connectivity index (χ2n) is 19.6. The number of carbonyl (C=O) groups is 2. The molecule has 0 radical (unpaired) electrons. The molecule has 0 amide bonds. The molecular weight excluding hydrogens is 836 g/mol. The molecule has 2 aromatic carbocycles. The zero-order chi connectivity index (χ0) is 44.1. The Morgan fingerprint density at radius 3 is 1.11 bits per heavy atom. The molecule has 2 aliphatic rings. The Hall–Kier alpha value is -2.64. The number of benzene rings is 2. The number of hydrogen-bond donors (Lipinski definition) is 0. The van der Waals surface area contributed by atoms with E-state index < -0.39 is 0 Å². The van der Waals surface area contributed by atoms with E-state index in [2.05, 4.69) is 88.4 Å². The van der Waals surface area contributed by atoms with Crippen LogP contribution in [0.4, 0.5) is 0 Å². The average molecular weight is 926 g/mol. The van der Waals surface area contributed by atoms with Gasteiger partial charge in [-0.25, -0.2) is 9.59 Å². The lowest BCUT2D eigenvalue weighted by Gasteiger charge is -2.40. The molecular formula is C56H90Cl2N2O4. The number of quaternary nitrogens is 2. The summed E-state index contributed by atoms with van der Waals surface area (Å²) in [4.78, 5) is 26.0. The van der Waals surface area contributed by atoms with Crippen LogP contribution in [-0.4, -0.2) is 86.5 Å². The van der Waals surface area contributed by atoms with Gasteiger partial charge in [-0.1, -0.05) is 163 Å². The van der Waals surface area contributed by atoms with Crippen LogP contribution in [0.2, 0.25) is 0 Å². The lowest BCUT2D eigenvalue weighted by molar-refractivity contribution is -0.920. The molecule has 64 heavy (non-hydrogen) atoms. The number of halogens is 2. The summed E-state index contributed by atoms with van der Waals surface area (Å²) in [5.41, 5.74) is 7.85. The van der Waals surface area contributed by atoms with Crippen LogP contribution in [0.3, 0.4) is 0 Å². The summed E-state index contributed by atoms with van der Waals surface area (Å²) in [5.74, 6) is -0.0317. The Balaban J connectivity index is 0.00000704. The highest BCUT2D eigenvalue weighted by Crippen LogP contribution is 2.25. The van der Waals surface area contributed by atoms with E-state index in [1.807, 2.05) is 0 Å². The first-order chi connectivity index (χ1) is 30.2. The lowest BCUT2D eigenvalue weighted by Crippen LogP contribution is -3.00. The molecule has 0 spiro atoms. The minimum Gasteiger partial charge on any atom is -1.00 e. The minimum atomic E-state index is -0.0158. The van der Waals surface area contributed by atoms with Crippen molar-refractivity contribution in [3.8, 4) is 11.1 Å². The number of ether oxygens (including phenoxy) is 2. The van der Waals surface area contributed by atoms with Crippen LogP contribution in [0.15, 0.2) is 71.8 Å². The van der Waals surface area contributed by atoms with E-state index in [4.69, 9.17) is 9.47 Å². The van der Waals surface area contributed by atoms with E-state index in [0.29, 0.717) is 26.3 Å². The van der Waals surface area contributed by atoms with Crippen LogP contribution >= 0.6 is 0 Å². The van der Waals surface area contributed by atoms with Crippen molar-refractivity contribution in [1.82, 2.24) is 0 Å². The second kappa shape index (κ2) is 33.8. The van der Waals surface area contributed by atoms with Gasteiger partial charge in [0.2, 0.25) is 0 Å². The topological polar surface area (TPSA) is 52.6 Å². The Bertz CT molecular complexity index is 1470. The molecule has 4 rings (SSSR count). The van der Waals surface area contributed by atoms with Crippen molar-refractivity contribution in [2.24, 2.45) is 0 Å². The number of esters is 2. The molecule has 6 nitrogen and oxygen atoms in total. The van der Waals surface area contributed by atoms with E-state index in [9.17, 15) is 9.59 Å². The highest BCUT2D eigenvalue weighted by atomic mass is 35.5. The number of rotatable bonds is 31. The van der Waals surface area contributed by atoms with E-state index >= 15 is 0 Å². The van der Waals surface area contributed by atoms with Gasteiger partial charge < -0.3 is 43.3 Å². The first-order valence-electron chi connectivity index (χ1n) is 25.7. The van der Waals surface area contributed by atoms with Crippen molar-refractivity contribution in [1.29, 1.82) is 0 Å². The molecule has 2 aliphatic heterocycles. The summed E-state index contributed by atoms with van der Waals surface area (Å²) in [7, 11) is 0. The molecule has 0 unspecified atom stereocenters. The van der Waals surface area contributed by atoms with Gasteiger partial charge >= 0.3 is 11.9 Å². The third-order valence-electron chi connectivity index (χ3n) is 13.8. The highest BCUT2D eigenvalue weighted by molar-refractivity contribution is 5.71. The normalized spacial score (nSPS) is 16.1. The standard InChI is InChI=1S/C56H90N2O4.2ClH/c1-5-7-9-11-13-15-17-25-43-61-55(59)47-57(37-21-19-22-38-57)41-35-49(3)45-51-27-31-53(32-28-51)54-33-29-52(30-34-54)46-50(4)36-42-58(39-23-20-24-40-58)48-56(60)62-44-26-18-16-14-12-10-8-6-2;;/h27-36H,5-26,37-48H2,1-4H3;2*1H/q+2;;/p-2/b49-35-,50-36-;;. The van der Waals surface area contributed by atoms with E-state index in [0.717, 1.165) is 86.8 Å². The summed E-state index contributed by atoms with van der Waals surface area (Å²) in [6.07, 6.45) is 34.0. The van der Waals surface area contributed by atoms with Crippen LogP contribution in [0.1, 0.15) is 180 Å².